The summed E-state index contributed by atoms with van der Waals surface area (Å²) in [5.41, 5.74) is 0.952. The summed E-state index contributed by atoms with van der Waals surface area (Å²) in [4.78, 5) is 15.6. The largest absolute Gasteiger partial charge is 0.544 e. The van der Waals surface area contributed by atoms with E-state index in [1.807, 2.05) is 16.8 Å². The van der Waals surface area contributed by atoms with Gasteiger partial charge in [0.1, 0.15) is 5.01 Å². The number of carbonyl (C=O) groups excluding carboxylic acids is 1. The molecule has 3 nitrogen and oxygen atoms in total. The molecule has 8 heteroatoms. The monoisotopic (exact) mass is 368 g/mol. The molecule has 0 saturated carbocycles. The van der Waals surface area contributed by atoms with E-state index in [0.717, 1.165) is 29.0 Å². The molecule has 0 bridgehead atoms. The number of carboxylic acid groups (broad SMARTS) is 1. The van der Waals surface area contributed by atoms with Crippen LogP contribution in [0.5, 0.6) is 0 Å². The van der Waals surface area contributed by atoms with Crippen LogP contribution in [0.3, 0.4) is 0 Å². The van der Waals surface area contributed by atoms with E-state index in [-0.39, 0.29) is 4.88 Å². The number of carbonyl (C=O) groups is 1. The molecule has 0 fully saturated rings. The zero-order valence-corrected chi connectivity index (χ0v) is 13.6. The van der Waals surface area contributed by atoms with Crippen LogP contribution in [-0.2, 0) is 12.6 Å². The molecule has 0 amide bonds. The van der Waals surface area contributed by atoms with Crippen LogP contribution in [0.25, 0.3) is 10.6 Å². The van der Waals surface area contributed by atoms with Crippen molar-refractivity contribution < 1.29 is 23.1 Å². The molecule has 0 N–H and O–H groups in total. The third kappa shape index (κ3) is 3.49. The average molecular weight is 368 g/mol. The molecule has 24 heavy (non-hydrogen) atoms. The number of nitrogens with zero attached hydrogens (tertiary/aromatic N) is 1. The van der Waals surface area contributed by atoms with Gasteiger partial charge in [0.2, 0.25) is 0 Å². The van der Waals surface area contributed by atoms with Crippen molar-refractivity contribution in [2.45, 2.75) is 12.6 Å². The van der Waals surface area contributed by atoms with Crippen LogP contribution in [0, 0.1) is 0 Å². The quantitative estimate of drug-likeness (QED) is 0.703. The van der Waals surface area contributed by atoms with Gasteiger partial charge in [0.05, 0.1) is 22.1 Å². The van der Waals surface area contributed by atoms with E-state index in [1.165, 1.54) is 23.5 Å². The van der Waals surface area contributed by atoms with Gasteiger partial charge in [-0.2, -0.15) is 24.5 Å². The summed E-state index contributed by atoms with van der Waals surface area (Å²) in [6.07, 6.45) is -4.08. The minimum absolute atomic E-state index is 0.00361. The number of benzene rings is 1. The summed E-state index contributed by atoms with van der Waals surface area (Å²) in [5, 5.41) is 15.4. The Morgan fingerprint density at radius 2 is 1.88 bits per heavy atom. The first-order valence-electron chi connectivity index (χ1n) is 6.74. The molecule has 0 aliphatic carbocycles. The summed E-state index contributed by atoms with van der Waals surface area (Å²) >= 11 is 2.39. The topological polar surface area (TPSA) is 53.0 Å². The highest BCUT2D eigenvalue weighted by atomic mass is 32.1. The van der Waals surface area contributed by atoms with Gasteiger partial charge in [0.15, 0.2) is 0 Å². The molecule has 0 spiro atoms. The Labute approximate surface area is 143 Å². The van der Waals surface area contributed by atoms with Crippen LogP contribution in [0.1, 0.15) is 26.5 Å². The van der Waals surface area contributed by atoms with Crippen molar-refractivity contribution in [1.82, 2.24) is 4.98 Å². The predicted octanol–water partition coefficient (Wildman–Crippen LogP) is 3.84. The number of hydrogen-bond donors (Lipinski definition) is 0. The van der Waals surface area contributed by atoms with Crippen LogP contribution in [-0.4, -0.2) is 11.0 Å². The molecule has 0 aliphatic heterocycles. The summed E-state index contributed by atoms with van der Waals surface area (Å²) in [5.74, 6) is -1.34. The third-order valence-electron chi connectivity index (χ3n) is 3.29. The van der Waals surface area contributed by atoms with Gasteiger partial charge in [0, 0.05) is 12.0 Å². The van der Waals surface area contributed by atoms with Gasteiger partial charge < -0.3 is 9.90 Å². The number of alkyl halides is 3. The molecule has 0 atom stereocenters. The SMILES string of the molecule is O=C([O-])c1sc(-c2ccc(C(F)(F)F)cc2)nc1Cc1ccsc1. The Balaban J connectivity index is 1.95. The van der Waals surface area contributed by atoms with E-state index in [9.17, 15) is 23.1 Å². The van der Waals surface area contributed by atoms with E-state index in [2.05, 4.69) is 4.98 Å². The highest BCUT2D eigenvalue weighted by Crippen LogP contribution is 2.33. The second-order valence-electron chi connectivity index (χ2n) is 4.97. The standard InChI is InChI=1S/C16H10F3NO2S2/c17-16(18,19)11-3-1-10(2-4-11)14-20-12(13(24-14)15(21)22)7-9-5-6-23-8-9/h1-6,8H,7H2,(H,21,22)/p-1. The first-order chi connectivity index (χ1) is 11.3. The maximum absolute atomic E-state index is 12.6. The number of thiazole rings is 1. The molecule has 2 heterocycles. The van der Waals surface area contributed by atoms with Gasteiger partial charge >= 0.3 is 6.18 Å². The van der Waals surface area contributed by atoms with Crippen molar-refractivity contribution in [3.8, 4) is 10.6 Å². The Morgan fingerprint density at radius 3 is 2.42 bits per heavy atom. The minimum Gasteiger partial charge on any atom is -0.544 e. The van der Waals surface area contributed by atoms with Crippen LogP contribution in [0.4, 0.5) is 13.2 Å². The van der Waals surface area contributed by atoms with Gasteiger partial charge in [0.25, 0.3) is 0 Å². The van der Waals surface area contributed by atoms with E-state index in [4.69, 9.17) is 0 Å². The predicted molar refractivity (Wildman–Crippen MR) is 84.0 cm³/mol. The molecular formula is C16H9F3NO2S2-. The summed E-state index contributed by atoms with van der Waals surface area (Å²) in [6.45, 7) is 0. The molecule has 0 saturated heterocycles. The van der Waals surface area contributed by atoms with Gasteiger partial charge in [-0.3, -0.25) is 0 Å². The fraction of sp³-hybridized carbons (Fsp3) is 0.125. The van der Waals surface area contributed by atoms with E-state index < -0.39 is 17.7 Å². The minimum atomic E-state index is -4.42. The zero-order chi connectivity index (χ0) is 17.3. The number of thiophene rings is 1. The Bertz CT molecular complexity index is 853. The maximum atomic E-state index is 12.6. The summed E-state index contributed by atoms with van der Waals surface area (Å²) in [7, 11) is 0. The lowest BCUT2D eigenvalue weighted by molar-refractivity contribution is -0.254. The molecule has 1 aromatic carbocycles. The number of hydrogen-bond acceptors (Lipinski definition) is 5. The molecule has 3 aromatic rings. The summed E-state index contributed by atoms with van der Waals surface area (Å²) < 4.78 is 37.8. The Morgan fingerprint density at radius 1 is 1.17 bits per heavy atom. The van der Waals surface area contributed by atoms with E-state index in [1.54, 1.807) is 0 Å². The highest BCUT2D eigenvalue weighted by Gasteiger charge is 2.30. The van der Waals surface area contributed by atoms with E-state index >= 15 is 0 Å². The number of carboxylic acids is 1. The molecule has 0 radical (unpaired) electrons. The van der Waals surface area contributed by atoms with Crippen molar-refractivity contribution >= 4 is 28.6 Å². The lowest BCUT2D eigenvalue weighted by Crippen LogP contribution is -2.22. The van der Waals surface area contributed by atoms with Crippen molar-refractivity contribution in [1.29, 1.82) is 0 Å². The van der Waals surface area contributed by atoms with Gasteiger partial charge in [-0.05, 0) is 34.5 Å². The zero-order valence-electron chi connectivity index (χ0n) is 12.0. The smallest absolute Gasteiger partial charge is 0.416 e. The Hall–Kier alpha value is -2.19. The first-order valence-corrected chi connectivity index (χ1v) is 8.50. The van der Waals surface area contributed by atoms with Gasteiger partial charge in [-0.1, -0.05) is 12.1 Å². The number of rotatable bonds is 4. The van der Waals surface area contributed by atoms with Crippen molar-refractivity contribution in [3.05, 3.63) is 62.8 Å². The van der Waals surface area contributed by atoms with Crippen molar-refractivity contribution in [2.75, 3.05) is 0 Å². The highest BCUT2D eigenvalue weighted by molar-refractivity contribution is 7.17. The maximum Gasteiger partial charge on any atom is 0.416 e. The van der Waals surface area contributed by atoms with Crippen molar-refractivity contribution in [3.63, 3.8) is 0 Å². The van der Waals surface area contributed by atoms with Gasteiger partial charge in [-0.25, -0.2) is 4.98 Å². The van der Waals surface area contributed by atoms with E-state index in [0.29, 0.717) is 22.7 Å². The molecule has 2 aromatic heterocycles. The summed E-state index contributed by atoms with van der Waals surface area (Å²) in [6, 6.07) is 6.34. The lowest BCUT2D eigenvalue weighted by Gasteiger charge is -2.06. The second-order valence-corrected chi connectivity index (χ2v) is 6.74. The normalized spacial score (nSPS) is 11.6. The lowest BCUT2D eigenvalue weighted by atomic mass is 10.1. The van der Waals surface area contributed by atoms with Crippen LogP contribution in [0.2, 0.25) is 0 Å². The molecule has 3 rings (SSSR count). The van der Waals surface area contributed by atoms with Crippen LogP contribution in [0.15, 0.2) is 41.1 Å². The fourth-order valence-electron chi connectivity index (χ4n) is 2.14. The number of halogens is 3. The molecule has 124 valence electrons. The molecular weight excluding hydrogens is 359 g/mol. The number of aromatic carboxylic acids is 1. The third-order valence-corrected chi connectivity index (χ3v) is 5.15. The second kappa shape index (κ2) is 6.37. The average Bonchev–Trinajstić information content (AvgIpc) is 3.16. The van der Waals surface area contributed by atoms with Crippen molar-refractivity contribution in [2.24, 2.45) is 0 Å². The van der Waals surface area contributed by atoms with Crippen LogP contribution >= 0.6 is 22.7 Å². The first kappa shape index (κ1) is 16.7. The van der Waals surface area contributed by atoms with Crippen LogP contribution < -0.4 is 5.11 Å². The molecule has 0 aliphatic rings. The number of aromatic nitrogens is 1. The Kier molecular flexibility index (Phi) is 4.42. The van der Waals surface area contributed by atoms with Gasteiger partial charge in [-0.15, -0.1) is 11.3 Å². The fourth-order valence-corrected chi connectivity index (χ4v) is 3.73. The molecule has 0 unspecified atom stereocenters.